The van der Waals surface area contributed by atoms with Crippen molar-refractivity contribution in [2.24, 2.45) is 7.05 Å². The zero-order valence-electron chi connectivity index (χ0n) is 17.7. The summed E-state index contributed by atoms with van der Waals surface area (Å²) in [6, 6.07) is 6.67. The Morgan fingerprint density at radius 3 is 2.66 bits per heavy atom. The van der Waals surface area contributed by atoms with Gasteiger partial charge < -0.3 is 19.1 Å². The fourth-order valence-corrected chi connectivity index (χ4v) is 3.97. The van der Waals surface area contributed by atoms with Crippen molar-refractivity contribution in [2.75, 3.05) is 13.2 Å². The summed E-state index contributed by atoms with van der Waals surface area (Å²) in [5, 5.41) is 10.8. The van der Waals surface area contributed by atoms with Gasteiger partial charge in [0.05, 0.1) is 13.2 Å². The quantitative estimate of drug-likeness (QED) is 0.347. The third-order valence-electron chi connectivity index (χ3n) is 4.52. The molecule has 1 aromatic carbocycles. The number of carbonyl (C=O) groups excluding carboxylic acids is 1. The molecule has 0 aliphatic carbocycles. The number of aromatic amines is 1. The normalized spacial score (nSPS) is 13.2. The number of esters is 1. The van der Waals surface area contributed by atoms with Crippen molar-refractivity contribution in [3.05, 3.63) is 50.1 Å². The SMILES string of the molecule is CCOC(=O)[C@@H](C)Sc1nc2c(c(=O)[nH]c(=O)n2C)n1C[C@@H](O)COc1ccc(Cl)cc1. The van der Waals surface area contributed by atoms with E-state index >= 15 is 0 Å². The number of aliphatic hydroxyl groups excluding tert-OH is 1. The second-order valence-electron chi connectivity index (χ2n) is 6.93. The maximum atomic E-state index is 12.5. The number of hydrogen-bond donors (Lipinski definition) is 2. The molecule has 0 bridgehead atoms. The molecule has 0 spiro atoms. The average Bonchev–Trinajstić information content (AvgIpc) is 3.10. The molecule has 0 fully saturated rings. The van der Waals surface area contributed by atoms with Gasteiger partial charge in [0.1, 0.15) is 23.7 Å². The summed E-state index contributed by atoms with van der Waals surface area (Å²) in [7, 11) is 1.47. The Hall–Kier alpha value is -2.76. The Morgan fingerprint density at radius 1 is 1.31 bits per heavy atom. The van der Waals surface area contributed by atoms with Gasteiger partial charge in [-0.3, -0.25) is 19.1 Å². The Balaban J connectivity index is 1.91. The molecule has 0 radical (unpaired) electrons. The van der Waals surface area contributed by atoms with E-state index in [0.717, 1.165) is 11.8 Å². The molecule has 0 saturated heterocycles. The lowest BCUT2D eigenvalue weighted by molar-refractivity contribution is -0.142. The van der Waals surface area contributed by atoms with Crippen LogP contribution in [0.4, 0.5) is 0 Å². The van der Waals surface area contributed by atoms with Crippen LogP contribution in [0, 0.1) is 0 Å². The summed E-state index contributed by atoms with van der Waals surface area (Å²) in [5.41, 5.74) is -1.01. The highest BCUT2D eigenvalue weighted by Gasteiger charge is 2.24. The molecule has 0 aliphatic heterocycles. The monoisotopic (exact) mass is 482 g/mol. The second kappa shape index (κ2) is 10.2. The molecule has 172 valence electrons. The van der Waals surface area contributed by atoms with Gasteiger partial charge in [0, 0.05) is 12.1 Å². The number of nitrogens with zero attached hydrogens (tertiary/aromatic N) is 3. The number of aliphatic hydroxyl groups is 1. The Labute approximate surface area is 192 Å². The van der Waals surface area contributed by atoms with Gasteiger partial charge in [-0.15, -0.1) is 0 Å². The predicted molar refractivity (Wildman–Crippen MR) is 121 cm³/mol. The standard InChI is InChI=1S/C20H23ClN4O6S/c1-4-30-18(28)11(2)32-20-22-16-15(17(27)23-19(29)24(16)3)25(20)9-13(26)10-31-14-7-5-12(21)6-8-14/h5-8,11,13,26H,4,9-10H2,1-3H3,(H,23,27,29)/t11-,13-/m1/s1. The van der Waals surface area contributed by atoms with E-state index in [1.807, 2.05) is 0 Å². The van der Waals surface area contributed by atoms with Crippen molar-refractivity contribution in [3.63, 3.8) is 0 Å². The van der Waals surface area contributed by atoms with Crippen LogP contribution in [0.15, 0.2) is 39.0 Å². The van der Waals surface area contributed by atoms with Crippen molar-refractivity contribution in [3.8, 4) is 5.75 Å². The molecule has 12 heteroatoms. The minimum atomic E-state index is -1.02. The van der Waals surface area contributed by atoms with Crippen molar-refractivity contribution < 1.29 is 19.4 Å². The minimum Gasteiger partial charge on any atom is -0.491 e. The predicted octanol–water partition coefficient (Wildman–Crippen LogP) is 1.56. The summed E-state index contributed by atoms with van der Waals surface area (Å²) >= 11 is 6.92. The first-order chi connectivity index (χ1) is 15.2. The number of thioether (sulfide) groups is 1. The number of nitrogens with one attached hydrogen (secondary N) is 1. The molecule has 10 nitrogen and oxygen atoms in total. The fourth-order valence-electron chi connectivity index (χ4n) is 2.93. The van der Waals surface area contributed by atoms with Crippen LogP contribution in [0.2, 0.25) is 5.02 Å². The number of aryl methyl sites for hydroxylation is 1. The van der Waals surface area contributed by atoms with Crippen LogP contribution in [0.3, 0.4) is 0 Å². The van der Waals surface area contributed by atoms with Crippen LogP contribution in [-0.4, -0.2) is 54.7 Å². The van der Waals surface area contributed by atoms with Gasteiger partial charge in [0.25, 0.3) is 5.56 Å². The average molecular weight is 483 g/mol. The number of aromatic nitrogens is 4. The van der Waals surface area contributed by atoms with Gasteiger partial charge in [-0.2, -0.15) is 0 Å². The third kappa shape index (κ3) is 5.34. The molecule has 3 aromatic rings. The maximum absolute atomic E-state index is 12.5. The number of fused-ring (bicyclic) bond motifs is 1. The molecule has 0 amide bonds. The molecule has 2 heterocycles. The molecule has 0 unspecified atom stereocenters. The summed E-state index contributed by atoms with van der Waals surface area (Å²) in [4.78, 5) is 43.2. The summed E-state index contributed by atoms with van der Waals surface area (Å²) < 4.78 is 13.3. The van der Waals surface area contributed by atoms with Crippen LogP contribution < -0.4 is 16.0 Å². The Bertz CT molecular complexity index is 1220. The minimum absolute atomic E-state index is 0.0523. The molecular weight excluding hydrogens is 460 g/mol. The molecule has 3 rings (SSSR count). The van der Waals surface area contributed by atoms with E-state index < -0.39 is 28.6 Å². The van der Waals surface area contributed by atoms with Crippen LogP contribution >= 0.6 is 23.4 Å². The van der Waals surface area contributed by atoms with Crippen molar-refractivity contribution in [1.82, 2.24) is 19.1 Å². The lowest BCUT2D eigenvalue weighted by Crippen LogP contribution is -2.31. The van der Waals surface area contributed by atoms with Crippen LogP contribution in [0.25, 0.3) is 11.2 Å². The van der Waals surface area contributed by atoms with E-state index in [4.69, 9.17) is 21.1 Å². The Morgan fingerprint density at radius 2 is 2.00 bits per heavy atom. The zero-order valence-corrected chi connectivity index (χ0v) is 19.3. The maximum Gasteiger partial charge on any atom is 0.329 e. The van der Waals surface area contributed by atoms with E-state index in [2.05, 4.69) is 9.97 Å². The highest BCUT2D eigenvalue weighted by molar-refractivity contribution is 8.00. The number of H-pyrrole nitrogens is 1. The van der Waals surface area contributed by atoms with Crippen LogP contribution in [-0.2, 0) is 23.1 Å². The number of ether oxygens (including phenoxy) is 2. The molecule has 0 aliphatic rings. The van der Waals surface area contributed by atoms with Gasteiger partial charge >= 0.3 is 11.7 Å². The van der Waals surface area contributed by atoms with Gasteiger partial charge in [0.15, 0.2) is 16.3 Å². The largest absolute Gasteiger partial charge is 0.491 e. The third-order valence-corrected chi connectivity index (χ3v) is 5.84. The van der Waals surface area contributed by atoms with Gasteiger partial charge in [-0.25, -0.2) is 9.78 Å². The molecule has 2 N–H and O–H groups in total. The summed E-state index contributed by atoms with van der Waals surface area (Å²) in [6.45, 7) is 3.47. The lowest BCUT2D eigenvalue weighted by Gasteiger charge is -2.16. The second-order valence-corrected chi connectivity index (χ2v) is 8.67. The fraction of sp³-hybridized carbons (Fsp3) is 0.400. The number of rotatable bonds is 9. The molecular formula is C20H23ClN4O6S. The van der Waals surface area contributed by atoms with Crippen LogP contribution in [0.5, 0.6) is 5.75 Å². The smallest absolute Gasteiger partial charge is 0.329 e. The van der Waals surface area contributed by atoms with E-state index in [-0.39, 0.29) is 36.1 Å². The number of benzene rings is 1. The van der Waals surface area contributed by atoms with E-state index in [1.54, 1.807) is 38.1 Å². The highest BCUT2D eigenvalue weighted by Crippen LogP contribution is 2.26. The summed E-state index contributed by atoms with van der Waals surface area (Å²) in [6.07, 6.45) is -1.02. The van der Waals surface area contributed by atoms with Crippen molar-refractivity contribution in [1.29, 1.82) is 0 Å². The number of imidazole rings is 1. The summed E-state index contributed by atoms with van der Waals surface area (Å²) in [5.74, 6) is 0.0836. The molecule has 0 saturated carbocycles. The first-order valence-electron chi connectivity index (χ1n) is 9.80. The lowest BCUT2D eigenvalue weighted by atomic mass is 10.3. The van der Waals surface area contributed by atoms with Crippen molar-refractivity contribution in [2.45, 2.75) is 36.9 Å². The van der Waals surface area contributed by atoms with E-state index in [0.29, 0.717) is 10.8 Å². The number of halogens is 1. The van der Waals surface area contributed by atoms with Gasteiger partial charge in [0.2, 0.25) is 0 Å². The Kier molecular flexibility index (Phi) is 7.64. The highest BCUT2D eigenvalue weighted by atomic mass is 35.5. The topological polar surface area (TPSA) is 128 Å². The van der Waals surface area contributed by atoms with E-state index in [9.17, 15) is 19.5 Å². The number of hydrogen-bond acceptors (Lipinski definition) is 8. The zero-order chi connectivity index (χ0) is 23.4. The van der Waals surface area contributed by atoms with Gasteiger partial charge in [-0.05, 0) is 38.1 Å². The van der Waals surface area contributed by atoms with Crippen molar-refractivity contribution >= 4 is 40.5 Å². The van der Waals surface area contributed by atoms with E-state index in [1.165, 1.54) is 16.2 Å². The first-order valence-corrected chi connectivity index (χ1v) is 11.1. The van der Waals surface area contributed by atoms with Crippen LogP contribution in [0.1, 0.15) is 13.8 Å². The molecule has 2 atom stereocenters. The van der Waals surface area contributed by atoms with Gasteiger partial charge in [-0.1, -0.05) is 23.4 Å². The molecule has 2 aromatic heterocycles. The number of carbonyl (C=O) groups is 1. The first kappa shape index (κ1) is 23.9. The molecule has 32 heavy (non-hydrogen) atoms.